The first-order valence-corrected chi connectivity index (χ1v) is 10.1. The highest BCUT2D eigenvalue weighted by molar-refractivity contribution is 7.92. The number of nitrogens with one attached hydrogen (secondary N) is 2. The Balaban J connectivity index is 2.07. The molecule has 0 aliphatic carbocycles. The molecule has 0 spiro atoms. The zero-order chi connectivity index (χ0) is 17.7. The van der Waals surface area contributed by atoms with Crippen LogP contribution in [0.5, 0.6) is 0 Å². The van der Waals surface area contributed by atoms with Crippen molar-refractivity contribution in [3.8, 4) is 0 Å². The van der Waals surface area contributed by atoms with E-state index in [1.54, 1.807) is 19.1 Å². The maximum atomic E-state index is 12.2. The second kappa shape index (κ2) is 7.88. The number of carbonyl (C=O) groups excluding carboxylic acids is 1. The molecule has 1 heterocycles. The van der Waals surface area contributed by atoms with E-state index in [-0.39, 0.29) is 11.8 Å². The van der Waals surface area contributed by atoms with Gasteiger partial charge in [-0.1, -0.05) is 13.8 Å². The number of nitrogens with zero attached hydrogens (tertiary/aromatic N) is 1. The van der Waals surface area contributed by atoms with Crippen molar-refractivity contribution in [2.75, 3.05) is 28.5 Å². The molecule has 1 aromatic rings. The van der Waals surface area contributed by atoms with E-state index in [0.717, 1.165) is 30.5 Å². The number of aryl methyl sites for hydroxylation is 1. The molecule has 0 unspecified atom stereocenters. The molecule has 2 N–H and O–H groups in total. The lowest BCUT2D eigenvalue weighted by Crippen LogP contribution is -2.36. The topological polar surface area (TPSA) is 78.5 Å². The molecule has 0 saturated heterocycles. The van der Waals surface area contributed by atoms with E-state index in [0.29, 0.717) is 24.7 Å². The number of amides is 2. The fraction of sp³-hybridized carbons (Fsp3) is 0.588. The number of carbonyl (C=O) groups is 1. The van der Waals surface area contributed by atoms with Gasteiger partial charge in [-0.15, -0.1) is 0 Å². The van der Waals surface area contributed by atoms with Crippen LogP contribution in [-0.2, 0) is 16.4 Å². The third kappa shape index (κ3) is 4.63. The molecule has 0 bridgehead atoms. The number of rotatable bonds is 6. The maximum Gasteiger partial charge on any atom is 0.319 e. The van der Waals surface area contributed by atoms with Gasteiger partial charge in [0.25, 0.3) is 0 Å². The van der Waals surface area contributed by atoms with Crippen LogP contribution >= 0.6 is 0 Å². The van der Waals surface area contributed by atoms with Gasteiger partial charge in [0, 0.05) is 18.8 Å². The molecular weight excluding hydrogens is 326 g/mol. The van der Waals surface area contributed by atoms with Gasteiger partial charge in [0.1, 0.15) is 0 Å². The zero-order valence-corrected chi connectivity index (χ0v) is 15.4. The van der Waals surface area contributed by atoms with E-state index >= 15 is 0 Å². The molecule has 2 rings (SSSR count). The average molecular weight is 353 g/mol. The number of sulfonamides is 1. The number of hydrogen-bond acceptors (Lipinski definition) is 3. The van der Waals surface area contributed by atoms with Crippen molar-refractivity contribution in [1.29, 1.82) is 0 Å². The van der Waals surface area contributed by atoms with E-state index in [9.17, 15) is 13.2 Å². The Morgan fingerprint density at radius 3 is 2.75 bits per heavy atom. The molecule has 0 radical (unpaired) electrons. The fourth-order valence-corrected chi connectivity index (χ4v) is 3.93. The molecule has 6 nitrogen and oxygen atoms in total. The Kier molecular flexibility index (Phi) is 6.10. The van der Waals surface area contributed by atoms with Gasteiger partial charge in [-0.2, -0.15) is 0 Å². The lowest BCUT2D eigenvalue weighted by Gasteiger charge is -2.30. The minimum Gasteiger partial charge on any atom is -0.338 e. The van der Waals surface area contributed by atoms with E-state index in [1.807, 2.05) is 6.07 Å². The van der Waals surface area contributed by atoms with Crippen LogP contribution in [0.1, 0.15) is 39.2 Å². The fourth-order valence-electron chi connectivity index (χ4n) is 2.73. The van der Waals surface area contributed by atoms with Crippen LogP contribution in [0.4, 0.5) is 16.2 Å². The molecule has 1 aliphatic heterocycles. The van der Waals surface area contributed by atoms with Gasteiger partial charge < -0.3 is 10.6 Å². The molecule has 2 amide bonds. The second-order valence-electron chi connectivity index (χ2n) is 6.48. The normalized spacial score (nSPS) is 14.4. The van der Waals surface area contributed by atoms with Gasteiger partial charge in [-0.3, -0.25) is 4.31 Å². The van der Waals surface area contributed by atoms with Crippen molar-refractivity contribution in [3.63, 3.8) is 0 Å². The van der Waals surface area contributed by atoms with Gasteiger partial charge >= 0.3 is 6.03 Å². The van der Waals surface area contributed by atoms with Gasteiger partial charge in [0.05, 0.1) is 11.4 Å². The molecule has 0 saturated carbocycles. The molecule has 0 atom stereocenters. The van der Waals surface area contributed by atoms with Crippen LogP contribution in [0.2, 0.25) is 0 Å². The van der Waals surface area contributed by atoms with E-state index < -0.39 is 10.0 Å². The Morgan fingerprint density at radius 1 is 1.33 bits per heavy atom. The SMILES string of the molecule is CCS(=O)(=O)N1CCCc2cc(NC(=O)NCCC(C)C)ccc21. The van der Waals surface area contributed by atoms with Crippen molar-refractivity contribution in [3.05, 3.63) is 23.8 Å². The van der Waals surface area contributed by atoms with Gasteiger partial charge in [-0.05, 0) is 55.9 Å². The first-order chi connectivity index (χ1) is 11.3. The van der Waals surface area contributed by atoms with Crippen LogP contribution in [0, 0.1) is 5.92 Å². The molecular formula is C17H27N3O3S. The van der Waals surface area contributed by atoms with Crippen LogP contribution in [0.25, 0.3) is 0 Å². The Hall–Kier alpha value is -1.76. The van der Waals surface area contributed by atoms with Crippen molar-refractivity contribution in [2.45, 2.75) is 40.0 Å². The smallest absolute Gasteiger partial charge is 0.319 e. The van der Waals surface area contributed by atoms with E-state index in [2.05, 4.69) is 24.5 Å². The molecule has 1 aliphatic rings. The molecule has 24 heavy (non-hydrogen) atoms. The molecule has 134 valence electrons. The Morgan fingerprint density at radius 2 is 2.08 bits per heavy atom. The largest absolute Gasteiger partial charge is 0.338 e. The number of urea groups is 1. The summed E-state index contributed by atoms with van der Waals surface area (Å²) in [5.41, 5.74) is 2.37. The summed E-state index contributed by atoms with van der Waals surface area (Å²) in [5, 5.41) is 5.64. The van der Waals surface area contributed by atoms with Crippen molar-refractivity contribution in [2.24, 2.45) is 5.92 Å². The van der Waals surface area contributed by atoms with Gasteiger partial charge in [0.2, 0.25) is 10.0 Å². The number of anilines is 2. The Bertz CT molecular complexity index is 686. The summed E-state index contributed by atoms with van der Waals surface area (Å²) in [6, 6.07) is 5.18. The molecule has 7 heteroatoms. The van der Waals surface area contributed by atoms with E-state index in [1.165, 1.54) is 4.31 Å². The summed E-state index contributed by atoms with van der Waals surface area (Å²) in [6.45, 7) is 7.03. The maximum absolute atomic E-state index is 12.2. The lowest BCUT2D eigenvalue weighted by molar-refractivity contribution is 0.251. The minimum absolute atomic E-state index is 0.0880. The number of hydrogen-bond donors (Lipinski definition) is 2. The minimum atomic E-state index is -3.26. The summed E-state index contributed by atoms with van der Waals surface area (Å²) >= 11 is 0. The van der Waals surface area contributed by atoms with E-state index in [4.69, 9.17) is 0 Å². The zero-order valence-electron chi connectivity index (χ0n) is 14.6. The highest BCUT2D eigenvalue weighted by Gasteiger charge is 2.26. The number of benzene rings is 1. The van der Waals surface area contributed by atoms with Crippen molar-refractivity contribution in [1.82, 2.24) is 5.32 Å². The Labute approximate surface area is 144 Å². The van der Waals surface area contributed by atoms with Crippen LogP contribution in [-0.4, -0.2) is 33.3 Å². The summed E-state index contributed by atoms with van der Waals surface area (Å²) < 4.78 is 25.9. The number of fused-ring (bicyclic) bond motifs is 1. The summed E-state index contributed by atoms with van der Waals surface area (Å²) in [6.07, 6.45) is 2.53. The first kappa shape index (κ1) is 18.6. The van der Waals surface area contributed by atoms with Gasteiger partial charge in [-0.25, -0.2) is 13.2 Å². The average Bonchev–Trinajstić information content (AvgIpc) is 2.53. The highest BCUT2D eigenvalue weighted by atomic mass is 32.2. The van der Waals surface area contributed by atoms with Crippen molar-refractivity contribution >= 4 is 27.4 Å². The standard InChI is InChI=1S/C17H27N3O3S/c1-4-24(22,23)20-11-5-6-14-12-15(7-8-16(14)20)19-17(21)18-10-9-13(2)3/h7-8,12-13H,4-6,9-11H2,1-3H3,(H2,18,19,21). The van der Waals surface area contributed by atoms with Gasteiger partial charge in [0.15, 0.2) is 0 Å². The quantitative estimate of drug-likeness (QED) is 0.825. The molecule has 1 aromatic carbocycles. The monoisotopic (exact) mass is 353 g/mol. The third-order valence-electron chi connectivity index (χ3n) is 4.12. The third-order valence-corrected chi connectivity index (χ3v) is 5.90. The molecule has 0 aromatic heterocycles. The predicted octanol–water partition coefficient (Wildman–Crippen LogP) is 2.96. The van der Waals surface area contributed by atoms with Crippen LogP contribution in [0.3, 0.4) is 0 Å². The highest BCUT2D eigenvalue weighted by Crippen LogP contribution is 2.31. The van der Waals surface area contributed by atoms with Crippen LogP contribution in [0.15, 0.2) is 18.2 Å². The molecule has 0 fully saturated rings. The summed E-state index contributed by atoms with van der Waals surface area (Å²) in [4.78, 5) is 11.9. The summed E-state index contributed by atoms with van der Waals surface area (Å²) in [5.74, 6) is 0.630. The second-order valence-corrected chi connectivity index (χ2v) is 8.67. The van der Waals surface area contributed by atoms with Crippen molar-refractivity contribution < 1.29 is 13.2 Å². The van der Waals surface area contributed by atoms with Crippen LogP contribution < -0.4 is 14.9 Å². The first-order valence-electron chi connectivity index (χ1n) is 8.51. The lowest BCUT2D eigenvalue weighted by atomic mass is 10.0. The summed E-state index contributed by atoms with van der Waals surface area (Å²) in [7, 11) is -3.26. The predicted molar refractivity (Wildman–Crippen MR) is 98.0 cm³/mol.